The molecule has 0 saturated carbocycles. The quantitative estimate of drug-likeness (QED) is 0.695. The fourth-order valence-electron chi connectivity index (χ4n) is 2.58. The maximum Gasteiger partial charge on any atom is 0.333 e. The molecule has 1 heterocycles. The first kappa shape index (κ1) is 18.1. The lowest BCUT2D eigenvalue weighted by Gasteiger charge is -2.09. The van der Waals surface area contributed by atoms with E-state index in [2.05, 4.69) is 10.3 Å². The maximum atomic E-state index is 12.7. The van der Waals surface area contributed by atoms with E-state index in [1.807, 2.05) is 6.92 Å². The Bertz CT molecular complexity index is 1140. The molecule has 0 unspecified atom stereocenters. The predicted octanol–water partition coefficient (Wildman–Crippen LogP) is 2.29. The molecule has 2 aromatic carbocycles. The van der Waals surface area contributed by atoms with Crippen molar-refractivity contribution < 1.29 is 9.59 Å². The van der Waals surface area contributed by atoms with Gasteiger partial charge in [-0.1, -0.05) is 29.8 Å². The van der Waals surface area contributed by atoms with Crippen molar-refractivity contribution >= 4 is 17.4 Å². The number of anilines is 1. The zero-order valence-corrected chi connectivity index (χ0v) is 14.8. The van der Waals surface area contributed by atoms with Crippen molar-refractivity contribution in [2.45, 2.75) is 13.8 Å². The Morgan fingerprint density at radius 3 is 2.41 bits per heavy atom. The number of aromatic amines is 1. The molecule has 3 rings (SSSR count). The van der Waals surface area contributed by atoms with Gasteiger partial charge in [0.2, 0.25) is 0 Å². The summed E-state index contributed by atoms with van der Waals surface area (Å²) in [6, 6.07) is 13.2. The van der Waals surface area contributed by atoms with Crippen LogP contribution >= 0.6 is 0 Å². The van der Waals surface area contributed by atoms with E-state index in [1.54, 1.807) is 42.5 Å². The van der Waals surface area contributed by atoms with E-state index < -0.39 is 17.2 Å². The first-order valence-corrected chi connectivity index (χ1v) is 8.21. The molecule has 0 atom stereocenters. The first-order chi connectivity index (χ1) is 12.9. The van der Waals surface area contributed by atoms with Gasteiger partial charge in [-0.25, -0.2) is 9.36 Å². The second-order valence-electron chi connectivity index (χ2n) is 6.07. The smallest absolute Gasteiger partial charge is 0.322 e. The monoisotopic (exact) mass is 363 g/mol. The van der Waals surface area contributed by atoms with E-state index in [0.717, 1.165) is 16.3 Å². The number of Topliss-reactive ketones (excluding diaryl/α,β-unsaturated/α-hetero) is 1. The van der Waals surface area contributed by atoms with Crippen molar-refractivity contribution in [3.63, 3.8) is 0 Å². The van der Waals surface area contributed by atoms with Crippen LogP contribution in [-0.2, 0) is 0 Å². The average Bonchev–Trinajstić information content (AvgIpc) is 2.63. The van der Waals surface area contributed by atoms with Crippen molar-refractivity contribution in [1.29, 1.82) is 0 Å². The highest BCUT2D eigenvalue weighted by molar-refractivity contribution is 6.04. The molecule has 1 amide bonds. The summed E-state index contributed by atoms with van der Waals surface area (Å²) in [6.45, 7) is 3.30. The normalized spacial score (nSPS) is 10.4. The molecule has 0 aliphatic carbocycles. The van der Waals surface area contributed by atoms with E-state index in [4.69, 9.17) is 0 Å². The SMILES string of the molecule is CC(=O)c1cccc(NC(=O)c2c[nH]c(=O)n(-c3ccc(C)cc3)c2=O)c1. The highest BCUT2D eigenvalue weighted by atomic mass is 16.2. The molecule has 7 heteroatoms. The maximum absolute atomic E-state index is 12.7. The molecule has 0 radical (unpaired) electrons. The first-order valence-electron chi connectivity index (χ1n) is 8.21. The third kappa shape index (κ3) is 3.77. The summed E-state index contributed by atoms with van der Waals surface area (Å²) >= 11 is 0. The predicted molar refractivity (Wildman–Crippen MR) is 102 cm³/mol. The van der Waals surface area contributed by atoms with Gasteiger partial charge in [-0.2, -0.15) is 0 Å². The van der Waals surface area contributed by atoms with E-state index >= 15 is 0 Å². The lowest BCUT2D eigenvalue weighted by molar-refractivity contribution is 0.101. The summed E-state index contributed by atoms with van der Waals surface area (Å²) in [5.41, 5.74) is 0.555. The van der Waals surface area contributed by atoms with Gasteiger partial charge in [-0.15, -0.1) is 0 Å². The van der Waals surface area contributed by atoms with Crippen LogP contribution in [0.5, 0.6) is 0 Å². The van der Waals surface area contributed by atoms with Crippen LogP contribution in [0.4, 0.5) is 5.69 Å². The molecule has 0 aliphatic heterocycles. The van der Waals surface area contributed by atoms with E-state index in [1.165, 1.54) is 13.0 Å². The number of ketones is 1. The fourth-order valence-corrected chi connectivity index (χ4v) is 2.58. The number of hydrogen-bond acceptors (Lipinski definition) is 4. The van der Waals surface area contributed by atoms with Gasteiger partial charge in [0.05, 0.1) is 5.69 Å². The minimum Gasteiger partial charge on any atom is -0.322 e. The van der Waals surface area contributed by atoms with Crippen molar-refractivity contribution in [2.24, 2.45) is 0 Å². The van der Waals surface area contributed by atoms with Gasteiger partial charge in [-0.3, -0.25) is 14.4 Å². The van der Waals surface area contributed by atoms with E-state index in [9.17, 15) is 19.2 Å². The Kier molecular flexibility index (Phi) is 4.85. The molecular formula is C20H17N3O4. The van der Waals surface area contributed by atoms with Crippen molar-refractivity contribution in [2.75, 3.05) is 5.32 Å². The fraction of sp³-hybridized carbons (Fsp3) is 0.100. The topological polar surface area (TPSA) is 101 Å². The van der Waals surface area contributed by atoms with Crippen molar-refractivity contribution in [1.82, 2.24) is 9.55 Å². The number of hydrogen-bond donors (Lipinski definition) is 2. The zero-order valence-electron chi connectivity index (χ0n) is 14.8. The Balaban J connectivity index is 1.99. The molecule has 0 spiro atoms. The number of carbonyl (C=O) groups excluding carboxylic acids is 2. The zero-order chi connectivity index (χ0) is 19.6. The Hall–Kier alpha value is -3.74. The number of carbonyl (C=O) groups is 2. The van der Waals surface area contributed by atoms with Crippen LogP contribution in [0.15, 0.2) is 64.3 Å². The van der Waals surface area contributed by atoms with Gasteiger partial charge in [0.25, 0.3) is 11.5 Å². The molecule has 1 aromatic heterocycles. The molecule has 27 heavy (non-hydrogen) atoms. The number of nitrogens with one attached hydrogen (secondary N) is 2. The highest BCUT2D eigenvalue weighted by Crippen LogP contribution is 2.12. The van der Waals surface area contributed by atoms with Gasteiger partial charge in [-0.05, 0) is 38.1 Å². The summed E-state index contributed by atoms with van der Waals surface area (Å²) in [4.78, 5) is 51.2. The number of nitrogens with zero attached hydrogens (tertiary/aromatic N) is 1. The van der Waals surface area contributed by atoms with Gasteiger partial charge >= 0.3 is 5.69 Å². The third-order valence-electron chi connectivity index (χ3n) is 4.04. The minimum absolute atomic E-state index is 0.142. The summed E-state index contributed by atoms with van der Waals surface area (Å²) in [5.74, 6) is -0.824. The van der Waals surface area contributed by atoms with Crippen LogP contribution in [0.25, 0.3) is 5.69 Å². The van der Waals surface area contributed by atoms with Crippen LogP contribution in [0, 0.1) is 6.92 Å². The standard InChI is InChI=1S/C20H17N3O4/c1-12-6-8-16(9-7-12)23-19(26)17(11-21-20(23)27)18(25)22-15-5-3-4-14(10-15)13(2)24/h3-11H,1-2H3,(H,21,27)(H,22,25). The van der Waals surface area contributed by atoms with Crippen molar-refractivity contribution in [3.05, 3.63) is 92.3 Å². The van der Waals surface area contributed by atoms with Gasteiger partial charge in [0.15, 0.2) is 5.78 Å². The van der Waals surface area contributed by atoms with Gasteiger partial charge < -0.3 is 10.3 Å². The molecule has 0 saturated heterocycles. The molecule has 136 valence electrons. The number of amides is 1. The highest BCUT2D eigenvalue weighted by Gasteiger charge is 2.16. The second kappa shape index (κ2) is 7.25. The average molecular weight is 363 g/mol. The Labute approximate surface area is 154 Å². The summed E-state index contributed by atoms with van der Waals surface area (Å²) in [7, 11) is 0. The Morgan fingerprint density at radius 1 is 1.04 bits per heavy atom. The van der Waals surface area contributed by atoms with Crippen LogP contribution < -0.4 is 16.6 Å². The van der Waals surface area contributed by atoms with Crippen molar-refractivity contribution in [3.8, 4) is 5.69 Å². The molecule has 7 nitrogen and oxygen atoms in total. The number of aryl methyl sites for hydroxylation is 1. The largest absolute Gasteiger partial charge is 0.333 e. The lowest BCUT2D eigenvalue weighted by atomic mass is 10.1. The van der Waals surface area contributed by atoms with Crippen LogP contribution in [0.1, 0.15) is 33.2 Å². The number of H-pyrrole nitrogens is 1. The van der Waals surface area contributed by atoms with E-state index in [-0.39, 0.29) is 11.3 Å². The molecular weight excluding hydrogens is 346 g/mol. The van der Waals surface area contributed by atoms with Crippen LogP contribution in [-0.4, -0.2) is 21.2 Å². The summed E-state index contributed by atoms with van der Waals surface area (Å²) in [6.07, 6.45) is 1.08. The second-order valence-corrected chi connectivity index (χ2v) is 6.07. The molecule has 0 aliphatic rings. The molecule has 0 bridgehead atoms. The van der Waals surface area contributed by atoms with Crippen LogP contribution in [0.3, 0.4) is 0 Å². The van der Waals surface area contributed by atoms with Gasteiger partial charge in [0, 0.05) is 17.4 Å². The Morgan fingerprint density at radius 2 is 1.74 bits per heavy atom. The summed E-state index contributed by atoms with van der Waals surface area (Å²) in [5, 5.41) is 2.58. The van der Waals surface area contributed by atoms with Gasteiger partial charge in [0.1, 0.15) is 5.56 Å². The molecule has 3 aromatic rings. The van der Waals surface area contributed by atoms with E-state index in [0.29, 0.717) is 16.9 Å². The molecule has 0 fully saturated rings. The number of aromatic nitrogens is 2. The van der Waals surface area contributed by atoms with Crippen LogP contribution in [0.2, 0.25) is 0 Å². The molecule has 2 N–H and O–H groups in total. The number of rotatable bonds is 4. The minimum atomic E-state index is -0.733. The third-order valence-corrected chi connectivity index (χ3v) is 4.04. The summed E-state index contributed by atoms with van der Waals surface area (Å²) < 4.78 is 0.903. The lowest BCUT2D eigenvalue weighted by Crippen LogP contribution is -2.38. The number of benzene rings is 2.